The molecule has 1 N–H and O–H groups in total. The molecule has 1 aromatic carbocycles. The summed E-state index contributed by atoms with van der Waals surface area (Å²) >= 11 is 0. The molecule has 1 aliphatic heterocycles. The lowest BCUT2D eigenvalue weighted by Gasteiger charge is -2.16. The zero-order chi connectivity index (χ0) is 13.0. The monoisotopic (exact) mass is 250 g/mol. The van der Waals surface area contributed by atoms with Crippen molar-refractivity contribution in [2.75, 3.05) is 26.9 Å². The second-order valence-electron chi connectivity index (χ2n) is 4.31. The van der Waals surface area contributed by atoms with Crippen LogP contribution in [0.3, 0.4) is 0 Å². The molecule has 5 heteroatoms. The molecule has 0 aliphatic carbocycles. The van der Waals surface area contributed by atoms with E-state index in [-0.39, 0.29) is 12.7 Å². The Labute approximate surface area is 107 Å². The summed E-state index contributed by atoms with van der Waals surface area (Å²) in [7, 11) is 1.92. The molecule has 0 bridgehead atoms. The molecule has 5 nitrogen and oxygen atoms in total. The third-order valence-electron chi connectivity index (χ3n) is 2.68. The van der Waals surface area contributed by atoms with Crippen LogP contribution in [0.5, 0.6) is 11.5 Å². The van der Waals surface area contributed by atoms with E-state index in [2.05, 4.69) is 5.32 Å². The number of likely N-dealkylation sites (N-methyl/N-ethyl adjacent to an activating group) is 2. The average molecular weight is 250 g/mol. The van der Waals surface area contributed by atoms with Gasteiger partial charge in [0.2, 0.25) is 12.7 Å². The van der Waals surface area contributed by atoms with E-state index in [0.29, 0.717) is 19.6 Å². The van der Waals surface area contributed by atoms with E-state index in [4.69, 9.17) is 9.47 Å². The Bertz CT molecular complexity index is 434. The number of hydrogen-bond donors (Lipinski definition) is 1. The van der Waals surface area contributed by atoms with Crippen LogP contribution in [-0.4, -0.2) is 37.7 Å². The van der Waals surface area contributed by atoms with Crippen molar-refractivity contribution in [1.82, 2.24) is 10.2 Å². The topological polar surface area (TPSA) is 50.8 Å². The molecule has 0 fully saturated rings. The maximum Gasteiger partial charge on any atom is 0.234 e. The summed E-state index contributed by atoms with van der Waals surface area (Å²) in [5.74, 6) is 1.60. The Hall–Kier alpha value is -1.75. The van der Waals surface area contributed by atoms with Crippen LogP contribution in [0.25, 0.3) is 0 Å². The number of rotatable bonds is 5. The molecule has 0 radical (unpaired) electrons. The van der Waals surface area contributed by atoms with Crippen LogP contribution in [0.4, 0.5) is 0 Å². The first-order valence-corrected chi connectivity index (χ1v) is 6.03. The van der Waals surface area contributed by atoms with Crippen LogP contribution in [0.1, 0.15) is 12.5 Å². The van der Waals surface area contributed by atoms with Crippen molar-refractivity contribution in [2.45, 2.75) is 13.5 Å². The first kappa shape index (κ1) is 12.7. The standard InChI is InChI=1S/C13H18N2O3/c1-3-14-13(16)8-15(2)7-10-4-5-11-12(6-10)18-9-17-11/h4-6H,3,7-9H2,1-2H3,(H,14,16). The van der Waals surface area contributed by atoms with Gasteiger partial charge in [-0.3, -0.25) is 9.69 Å². The number of hydrogen-bond acceptors (Lipinski definition) is 4. The predicted octanol–water partition coefficient (Wildman–Crippen LogP) is 0.983. The normalized spacial score (nSPS) is 12.8. The third kappa shape index (κ3) is 3.13. The van der Waals surface area contributed by atoms with Crippen molar-refractivity contribution < 1.29 is 14.3 Å². The SMILES string of the molecule is CCNC(=O)CN(C)Cc1ccc2c(c1)OCO2. The van der Waals surface area contributed by atoms with Gasteiger partial charge in [-0.05, 0) is 31.7 Å². The van der Waals surface area contributed by atoms with E-state index in [1.165, 1.54) is 0 Å². The molecule has 18 heavy (non-hydrogen) atoms. The fourth-order valence-corrected chi connectivity index (χ4v) is 1.91. The van der Waals surface area contributed by atoms with Gasteiger partial charge >= 0.3 is 0 Å². The lowest BCUT2D eigenvalue weighted by molar-refractivity contribution is -0.121. The molecule has 0 spiro atoms. The summed E-state index contributed by atoms with van der Waals surface area (Å²) in [6, 6.07) is 5.84. The Balaban J connectivity index is 1.91. The maximum atomic E-state index is 11.4. The van der Waals surface area contributed by atoms with Crippen molar-refractivity contribution in [3.63, 3.8) is 0 Å². The first-order chi connectivity index (χ1) is 8.69. The van der Waals surface area contributed by atoms with E-state index in [0.717, 1.165) is 17.1 Å². The molecule has 98 valence electrons. The lowest BCUT2D eigenvalue weighted by atomic mass is 10.2. The maximum absolute atomic E-state index is 11.4. The molecule has 1 aromatic rings. The van der Waals surface area contributed by atoms with E-state index < -0.39 is 0 Å². The summed E-state index contributed by atoms with van der Waals surface area (Å²) in [5.41, 5.74) is 1.10. The molecule has 0 unspecified atom stereocenters. The third-order valence-corrected chi connectivity index (χ3v) is 2.68. The minimum Gasteiger partial charge on any atom is -0.454 e. The summed E-state index contributed by atoms with van der Waals surface area (Å²) in [5, 5.41) is 2.78. The zero-order valence-electron chi connectivity index (χ0n) is 10.7. The fourth-order valence-electron chi connectivity index (χ4n) is 1.91. The lowest BCUT2D eigenvalue weighted by Crippen LogP contribution is -2.34. The molecule has 2 rings (SSSR count). The molecule has 0 saturated heterocycles. The zero-order valence-corrected chi connectivity index (χ0v) is 10.7. The van der Waals surface area contributed by atoms with Crippen LogP contribution in [0, 0.1) is 0 Å². The molecule has 1 heterocycles. The van der Waals surface area contributed by atoms with Crippen LogP contribution >= 0.6 is 0 Å². The number of fused-ring (bicyclic) bond motifs is 1. The van der Waals surface area contributed by atoms with Crippen LogP contribution < -0.4 is 14.8 Å². The molecule has 1 aliphatic rings. The first-order valence-electron chi connectivity index (χ1n) is 6.03. The highest BCUT2D eigenvalue weighted by Crippen LogP contribution is 2.32. The van der Waals surface area contributed by atoms with Crippen LogP contribution in [-0.2, 0) is 11.3 Å². The summed E-state index contributed by atoms with van der Waals surface area (Å²) in [6.45, 7) is 3.95. The largest absolute Gasteiger partial charge is 0.454 e. The van der Waals surface area contributed by atoms with Gasteiger partial charge in [-0.15, -0.1) is 0 Å². The van der Waals surface area contributed by atoms with Gasteiger partial charge in [0.15, 0.2) is 11.5 Å². The number of nitrogens with one attached hydrogen (secondary N) is 1. The number of benzene rings is 1. The molecule has 0 saturated carbocycles. The van der Waals surface area contributed by atoms with Gasteiger partial charge in [0.25, 0.3) is 0 Å². The Morgan fingerprint density at radius 2 is 2.17 bits per heavy atom. The molecular weight excluding hydrogens is 232 g/mol. The summed E-state index contributed by atoms with van der Waals surface area (Å²) in [6.07, 6.45) is 0. The number of carbonyl (C=O) groups excluding carboxylic acids is 1. The van der Waals surface area contributed by atoms with Gasteiger partial charge in [-0.1, -0.05) is 6.07 Å². The van der Waals surface area contributed by atoms with E-state index in [9.17, 15) is 4.79 Å². The number of amides is 1. The van der Waals surface area contributed by atoms with E-state index in [1.807, 2.05) is 37.1 Å². The van der Waals surface area contributed by atoms with E-state index in [1.54, 1.807) is 0 Å². The second-order valence-corrected chi connectivity index (χ2v) is 4.31. The van der Waals surface area contributed by atoms with Gasteiger partial charge in [0.1, 0.15) is 0 Å². The average Bonchev–Trinajstić information content (AvgIpc) is 2.76. The number of carbonyl (C=O) groups is 1. The van der Waals surface area contributed by atoms with Gasteiger partial charge in [0, 0.05) is 13.1 Å². The Kier molecular flexibility index (Phi) is 4.04. The van der Waals surface area contributed by atoms with Crippen molar-refractivity contribution in [3.05, 3.63) is 23.8 Å². The van der Waals surface area contributed by atoms with E-state index >= 15 is 0 Å². The van der Waals surface area contributed by atoms with Gasteiger partial charge in [-0.2, -0.15) is 0 Å². The highest BCUT2D eigenvalue weighted by atomic mass is 16.7. The van der Waals surface area contributed by atoms with Crippen molar-refractivity contribution in [2.24, 2.45) is 0 Å². The molecular formula is C13H18N2O3. The second kappa shape index (κ2) is 5.73. The van der Waals surface area contributed by atoms with Crippen molar-refractivity contribution in [3.8, 4) is 11.5 Å². The van der Waals surface area contributed by atoms with Crippen molar-refractivity contribution in [1.29, 1.82) is 0 Å². The summed E-state index contributed by atoms with van der Waals surface area (Å²) in [4.78, 5) is 13.4. The fraction of sp³-hybridized carbons (Fsp3) is 0.462. The predicted molar refractivity (Wildman–Crippen MR) is 67.6 cm³/mol. The van der Waals surface area contributed by atoms with Gasteiger partial charge < -0.3 is 14.8 Å². The minimum absolute atomic E-state index is 0.0424. The van der Waals surface area contributed by atoms with Crippen LogP contribution in [0.15, 0.2) is 18.2 Å². The van der Waals surface area contributed by atoms with Gasteiger partial charge in [-0.25, -0.2) is 0 Å². The summed E-state index contributed by atoms with van der Waals surface area (Å²) < 4.78 is 10.6. The highest BCUT2D eigenvalue weighted by Gasteiger charge is 2.14. The quantitative estimate of drug-likeness (QED) is 0.846. The molecule has 0 atom stereocenters. The molecule has 1 amide bonds. The highest BCUT2D eigenvalue weighted by molar-refractivity contribution is 5.77. The Morgan fingerprint density at radius 1 is 1.39 bits per heavy atom. The van der Waals surface area contributed by atoms with Crippen LogP contribution in [0.2, 0.25) is 0 Å². The number of ether oxygens (including phenoxy) is 2. The van der Waals surface area contributed by atoms with Crippen molar-refractivity contribution >= 4 is 5.91 Å². The molecule has 0 aromatic heterocycles. The number of nitrogens with zero attached hydrogens (tertiary/aromatic N) is 1. The Morgan fingerprint density at radius 3 is 2.94 bits per heavy atom. The minimum atomic E-state index is 0.0424. The smallest absolute Gasteiger partial charge is 0.234 e. The van der Waals surface area contributed by atoms with Gasteiger partial charge in [0.05, 0.1) is 6.54 Å².